The van der Waals surface area contributed by atoms with Crippen LogP contribution in [-0.2, 0) is 9.59 Å². The average Bonchev–Trinajstić information content (AvgIpc) is 3.24. The number of amides is 2. The van der Waals surface area contributed by atoms with E-state index in [1.54, 1.807) is 35.2 Å². The van der Waals surface area contributed by atoms with Crippen molar-refractivity contribution in [3.05, 3.63) is 57.6 Å². The smallest absolute Gasteiger partial charge is 0.270 e. The van der Waals surface area contributed by atoms with Gasteiger partial charge in [0.2, 0.25) is 11.8 Å². The van der Waals surface area contributed by atoms with Gasteiger partial charge in [0.05, 0.1) is 21.1 Å². The highest BCUT2D eigenvalue weighted by Gasteiger charge is 2.35. The summed E-state index contributed by atoms with van der Waals surface area (Å²) in [5, 5.41) is 14.5. The number of anilines is 2. The fraction of sp³-hybridized carbons (Fsp3) is 0.167. The number of hydrogen-bond donors (Lipinski definition) is 1. The molecule has 3 aromatic rings. The third-order valence-corrected chi connectivity index (χ3v) is 5.63. The highest BCUT2D eigenvalue weighted by molar-refractivity contribution is 7.22. The van der Waals surface area contributed by atoms with Gasteiger partial charge in [-0.1, -0.05) is 22.9 Å². The summed E-state index contributed by atoms with van der Waals surface area (Å²) in [6.45, 7) is 0.267. The molecule has 0 spiro atoms. The van der Waals surface area contributed by atoms with Crippen LogP contribution in [0.25, 0.3) is 10.2 Å². The van der Waals surface area contributed by atoms with Crippen LogP contribution < -0.4 is 10.2 Å². The van der Waals surface area contributed by atoms with E-state index >= 15 is 0 Å². The Morgan fingerprint density at radius 2 is 2.04 bits per heavy atom. The van der Waals surface area contributed by atoms with E-state index in [9.17, 15) is 19.7 Å². The van der Waals surface area contributed by atoms with Gasteiger partial charge in [-0.25, -0.2) is 4.98 Å². The van der Waals surface area contributed by atoms with Crippen molar-refractivity contribution in [2.75, 3.05) is 16.8 Å². The summed E-state index contributed by atoms with van der Waals surface area (Å²) in [5.74, 6) is -0.953. The molecule has 0 bridgehead atoms. The number of nitrogens with zero attached hydrogens (tertiary/aromatic N) is 3. The minimum Gasteiger partial charge on any atom is -0.312 e. The molecule has 1 N–H and O–H groups in total. The fourth-order valence-corrected chi connectivity index (χ4v) is 4.07. The van der Waals surface area contributed by atoms with Gasteiger partial charge in [-0.15, -0.1) is 0 Å². The Bertz CT molecular complexity index is 1100. The molecule has 2 heterocycles. The van der Waals surface area contributed by atoms with Crippen molar-refractivity contribution in [2.45, 2.75) is 6.42 Å². The minimum absolute atomic E-state index is 0.0333. The average molecular weight is 417 g/mol. The van der Waals surface area contributed by atoms with E-state index in [2.05, 4.69) is 10.3 Å². The molecule has 1 fully saturated rings. The highest BCUT2D eigenvalue weighted by Crippen LogP contribution is 2.31. The molecule has 10 heteroatoms. The Labute approximate surface area is 167 Å². The SMILES string of the molecule is O=C(Nc1nc2ccc([N+](=O)[O-])cc2s1)C1CC(=O)N(c2ccc(Cl)cc2)C1. The molecule has 0 radical (unpaired) electrons. The zero-order chi connectivity index (χ0) is 19.8. The first kappa shape index (κ1) is 18.3. The number of fused-ring (bicyclic) bond motifs is 1. The predicted octanol–water partition coefficient (Wildman–Crippen LogP) is 3.85. The standard InChI is InChI=1S/C18H13ClN4O4S/c19-11-1-3-12(4-2-11)22-9-10(7-16(22)24)17(25)21-18-20-14-6-5-13(23(26)27)8-15(14)28-18/h1-6,8,10H,7,9H2,(H,20,21,25). The number of aromatic nitrogens is 1. The molecule has 1 aliphatic heterocycles. The monoisotopic (exact) mass is 416 g/mol. The van der Waals surface area contributed by atoms with Crippen LogP contribution in [0.4, 0.5) is 16.5 Å². The molecule has 4 rings (SSSR count). The van der Waals surface area contributed by atoms with E-state index in [1.807, 2.05) is 0 Å². The maximum atomic E-state index is 12.6. The lowest BCUT2D eigenvalue weighted by atomic mass is 10.1. The molecule has 1 aromatic heterocycles. The van der Waals surface area contributed by atoms with Crippen LogP contribution in [0.3, 0.4) is 0 Å². The van der Waals surface area contributed by atoms with Crippen LogP contribution >= 0.6 is 22.9 Å². The molecular formula is C18H13ClN4O4S. The number of nitrogens with one attached hydrogen (secondary N) is 1. The van der Waals surface area contributed by atoms with Crippen LogP contribution in [0.1, 0.15) is 6.42 Å². The number of thiazole rings is 1. The number of halogens is 1. The third kappa shape index (κ3) is 3.54. The molecule has 1 saturated heterocycles. The zero-order valence-corrected chi connectivity index (χ0v) is 15.9. The molecule has 0 saturated carbocycles. The number of benzene rings is 2. The van der Waals surface area contributed by atoms with Crippen molar-refractivity contribution in [1.82, 2.24) is 4.98 Å². The van der Waals surface area contributed by atoms with Crippen molar-refractivity contribution in [1.29, 1.82) is 0 Å². The number of hydrogen-bond acceptors (Lipinski definition) is 6. The summed E-state index contributed by atoms with van der Waals surface area (Å²) < 4.78 is 0.606. The van der Waals surface area contributed by atoms with E-state index < -0.39 is 10.8 Å². The normalized spacial score (nSPS) is 16.5. The van der Waals surface area contributed by atoms with Gasteiger partial charge in [0.15, 0.2) is 5.13 Å². The van der Waals surface area contributed by atoms with Gasteiger partial charge in [-0.05, 0) is 30.3 Å². The number of non-ortho nitro benzene ring substituents is 1. The number of nitro benzene ring substituents is 1. The van der Waals surface area contributed by atoms with Crippen LogP contribution in [0, 0.1) is 16.0 Å². The quantitative estimate of drug-likeness (QED) is 0.513. The zero-order valence-electron chi connectivity index (χ0n) is 14.3. The molecule has 8 nitrogen and oxygen atoms in total. The summed E-state index contributed by atoms with van der Waals surface area (Å²) in [5.41, 5.74) is 1.22. The number of carbonyl (C=O) groups is 2. The van der Waals surface area contributed by atoms with Gasteiger partial charge in [0.25, 0.3) is 5.69 Å². The van der Waals surface area contributed by atoms with Crippen LogP contribution in [-0.4, -0.2) is 28.3 Å². The van der Waals surface area contributed by atoms with E-state index in [1.165, 1.54) is 12.1 Å². The first-order valence-corrected chi connectivity index (χ1v) is 9.52. The summed E-state index contributed by atoms with van der Waals surface area (Å²) in [6, 6.07) is 11.2. The molecule has 1 atom stereocenters. The lowest BCUT2D eigenvalue weighted by Gasteiger charge is -2.16. The largest absolute Gasteiger partial charge is 0.312 e. The van der Waals surface area contributed by atoms with Gasteiger partial charge >= 0.3 is 0 Å². The van der Waals surface area contributed by atoms with Gasteiger partial charge in [0.1, 0.15) is 0 Å². The van der Waals surface area contributed by atoms with Gasteiger partial charge in [0, 0.05) is 35.8 Å². The predicted molar refractivity (Wildman–Crippen MR) is 107 cm³/mol. The summed E-state index contributed by atoms with van der Waals surface area (Å²) in [4.78, 5) is 41.1. The fourth-order valence-electron chi connectivity index (χ4n) is 3.04. The number of nitro groups is 1. The summed E-state index contributed by atoms with van der Waals surface area (Å²) in [6.07, 6.45) is 0.102. The summed E-state index contributed by atoms with van der Waals surface area (Å²) >= 11 is 7.03. The Morgan fingerprint density at radius 1 is 1.29 bits per heavy atom. The molecule has 0 aliphatic carbocycles. The topological polar surface area (TPSA) is 105 Å². The summed E-state index contributed by atoms with van der Waals surface area (Å²) in [7, 11) is 0. The first-order chi connectivity index (χ1) is 13.4. The van der Waals surface area contributed by atoms with Crippen molar-refractivity contribution >= 4 is 61.5 Å². The number of rotatable bonds is 4. The second-order valence-electron chi connectivity index (χ2n) is 6.30. The molecule has 1 aliphatic rings. The molecule has 2 aromatic carbocycles. The van der Waals surface area contributed by atoms with Crippen LogP contribution in [0.5, 0.6) is 0 Å². The molecule has 142 valence electrons. The van der Waals surface area contributed by atoms with Crippen molar-refractivity contribution in [3.8, 4) is 0 Å². The third-order valence-electron chi connectivity index (χ3n) is 4.45. The van der Waals surface area contributed by atoms with Gasteiger partial charge in [-0.2, -0.15) is 0 Å². The maximum Gasteiger partial charge on any atom is 0.270 e. The highest BCUT2D eigenvalue weighted by atomic mass is 35.5. The van der Waals surface area contributed by atoms with Crippen LogP contribution in [0.15, 0.2) is 42.5 Å². The lowest BCUT2D eigenvalue weighted by Crippen LogP contribution is -2.28. The Morgan fingerprint density at radius 3 is 2.75 bits per heavy atom. The molecule has 2 amide bonds. The molecule has 1 unspecified atom stereocenters. The minimum atomic E-state index is -0.510. The van der Waals surface area contributed by atoms with Gasteiger partial charge < -0.3 is 10.2 Å². The molecule has 28 heavy (non-hydrogen) atoms. The molecular weight excluding hydrogens is 404 g/mol. The second-order valence-corrected chi connectivity index (χ2v) is 7.77. The van der Waals surface area contributed by atoms with Crippen LogP contribution in [0.2, 0.25) is 5.02 Å². The lowest BCUT2D eigenvalue weighted by molar-refractivity contribution is -0.384. The maximum absolute atomic E-state index is 12.6. The first-order valence-electron chi connectivity index (χ1n) is 8.32. The van der Waals surface area contributed by atoms with Crippen molar-refractivity contribution in [2.24, 2.45) is 5.92 Å². The Kier molecular flexibility index (Phi) is 4.70. The van der Waals surface area contributed by atoms with E-state index in [4.69, 9.17) is 11.6 Å². The van der Waals surface area contributed by atoms with E-state index in [0.717, 1.165) is 11.3 Å². The van der Waals surface area contributed by atoms with E-state index in [-0.39, 0.29) is 30.5 Å². The Hall–Kier alpha value is -3.04. The van der Waals surface area contributed by atoms with Crippen molar-refractivity contribution < 1.29 is 14.5 Å². The van der Waals surface area contributed by atoms with E-state index in [0.29, 0.717) is 26.1 Å². The second kappa shape index (κ2) is 7.17. The van der Waals surface area contributed by atoms with Crippen molar-refractivity contribution in [3.63, 3.8) is 0 Å². The number of carbonyl (C=O) groups excluding carboxylic acids is 2. The van der Waals surface area contributed by atoms with Gasteiger partial charge in [-0.3, -0.25) is 19.7 Å². The Balaban J connectivity index is 1.48.